The predicted octanol–water partition coefficient (Wildman–Crippen LogP) is 8.23. The number of nitrogens with two attached hydrogens (primary N) is 1. The van der Waals surface area contributed by atoms with Gasteiger partial charge in [-0.3, -0.25) is 24.4 Å². The quantitative estimate of drug-likeness (QED) is 0.167. The van der Waals surface area contributed by atoms with Crippen molar-refractivity contribution >= 4 is 33.4 Å². The maximum absolute atomic E-state index is 13.1. The van der Waals surface area contributed by atoms with E-state index in [9.17, 15) is 44.7 Å². The van der Waals surface area contributed by atoms with E-state index in [-0.39, 0.29) is 32.4 Å². The number of carboxylic acids is 1. The molecule has 7 nitrogen and oxygen atoms in total. The van der Waals surface area contributed by atoms with Crippen molar-refractivity contribution in [2.45, 2.75) is 63.8 Å². The zero-order valence-corrected chi connectivity index (χ0v) is 28.7. The molecule has 1 aromatic heterocycles. The number of fused-ring (bicyclic) bond motifs is 2. The minimum atomic E-state index is -4.73. The Hall–Kier alpha value is -4.37. The topological polar surface area (TPSA) is 99.8 Å². The van der Waals surface area contributed by atoms with E-state index >= 15 is 0 Å². The van der Waals surface area contributed by atoms with E-state index in [1.165, 1.54) is 4.90 Å². The van der Waals surface area contributed by atoms with Crippen LogP contribution in [0.5, 0.6) is 0 Å². The third kappa shape index (κ3) is 9.23. The molecule has 3 aromatic carbocycles. The van der Waals surface area contributed by atoms with Crippen molar-refractivity contribution < 1.29 is 49.8 Å². The summed E-state index contributed by atoms with van der Waals surface area (Å²) in [4.78, 5) is 30.2. The first-order valence-corrected chi connectivity index (χ1v) is 17.3. The summed E-state index contributed by atoms with van der Waals surface area (Å²) in [5.41, 5.74) is 6.04. The van der Waals surface area contributed by atoms with Crippen LogP contribution in [-0.2, 0) is 22.6 Å². The molecule has 0 atom stereocenters. The van der Waals surface area contributed by atoms with Crippen LogP contribution in [0.2, 0.25) is 0 Å². The Morgan fingerprint density at radius 1 is 0.811 bits per heavy atom. The number of aliphatic carboxylic acids is 1. The SMILES string of the molecule is NC(=O)C1(C(F)(F)F)CCN(CC(F)F)CC1.O=C(O)CCc1cccc2c(-c3ncc(CN4CCC(C(F)(F)F)CC4)c4ccccc34)cccc12. The van der Waals surface area contributed by atoms with E-state index in [0.717, 1.165) is 43.9 Å². The number of primary amides is 1. The average molecular weight is 753 g/mol. The number of pyridine rings is 1. The number of amides is 1. The molecule has 0 unspecified atom stereocenters. The number of hydrogen-bond donors (Lipinski definition) is 2. The number of carbonyl (C=O) groups excluding carboxylic acids is 1. The van der Waals surface area contributed by atoms with Gasteiger partial charge < -0.3 is 10.8 Å². The maximum atomic E-state index is 13.1. The molecular formula is C38H40F8N4O3. The largest absolute Gasteiger partial charge is 0.481 e. The number of halogens is 8. The van der Waals surface area contributed by atoms with Gasteiger partial charge in [-0.1, -0.05) is 60.7 Å². The second kappa shape index (κ2) is 16.3. The Kier molecular flexibility index (Phi) is 12.3. The molecule has 15 heteroatoms. The van der Waals surface area contributed by atoms with E-state index in [2.05, 4.69) is 4.90 Å². The van der Waals surface area contributed by atoms with Gasteiger partial charge in [-0.2, -0.15) is 26.3 Å². The van der Waals surface area contributed by atoms with Crippen LogP contribution in [0.25, 0.3) is 32.8 Å². The number of aryl methyl sites for hydroxylation is 1. The molecule has 4 aromatic rings. The van der Waals surface area contributed by atoms with Crippen molar-refractivity contribution in [2.24, 2.45) is 17.1 Å². The highest BCUT2D eigenvalue weighted by Crippen LogP contribution is 2.46. The van der Waals surface area contributed by atoms with Crippen molar-refractivity contribution in [1.29, 1.82) is 0 Å². The minimum Gasteiger partial charge on any atom is -0.481 e. The zero-order chi connectivity index (χ0) is 38.6. The normalized spacial score (nSPS) is 17.5. The Bertz CT molecular complexity index is 1900. The number of hydrogen-bond acceptors (Lipinski definition) is 5. The summed E-state index contributed by atoms with van der Waals surface area (Å²) < 4.78 is 102. The molecule has 0 saturated carbocycles. The molecule has 3 N–H and O–H groups in total. The summed E-state index contributed by atoms with van der Waals surface area (Å²) in [6, 6.07) is 20.0. The fourth-order valence-electron chi connectivity index (χ4n) is 7.27. The summed E-state index contributed by atoms with van der Waals surface area (Å²) in [7, 11) is 0. The van der Waals surface area contributed by atoms with Crippen LogP contribution in [0.1, 0.15) is 43.2 Å². The zero-order valence-electron chi connectivity index (χ0n) is 28.7. The second-order valence-electron chi connectivity index (χ2n) is 13.6. The van der Waals surface area contributed by atoms with Gasteiger partial charge in [0.15, 0.2) is 0 Å². The molecule has 2 saturated heterocycles. The molecule has 53 heavy (non-hydrogen) atoms. The van der Waals surface area contributed by atoms with Crippen molar-refractivity contribution in [2.75, 3.05) is 32.7 Å². The molecule has 0 spiro atoms. The number of nitrogens with zero attached hydrogens (tertiary/aromatic N) is 3. The van der Waals surface area contributed by atoms with Gasteiger partial charge in [0.25, 0.3) is 6.43 Å². The summed E-state index contributed by atoms with van der Waals surface area (Å²) in [5, 5.41) is 13.2. The van der Waals surface area contributed by atoms with Crippen LogP contribution in [0.15, 0.2) is 66.9 Å². The molecule has 1 amide bonds. The van der Waals surface area contributed by atoms with Crippen LogP contribution in [0.4, 0.5) is 35.1 Å². The number of likely N-dealkylation sites (tertiary alicyclic amines) is 2. The highest BCUT2D eigenvalue weighted by atomic mass is 19.4. The van der Waals surface area contributed by atoms with Gasteiger partial charge in [0.05, 0.1) is 18.2 Å². The number of rotatable bonds is 9. The van der Waals surface area contributed by atoms with Crippen molar-refractivity contribution in [3.63, 3.8) is 0 Å². The molecule has 2 aliphatic heterocycles. The van der Waals surface area contributed by atoms with E-state index in [0.29, 0.717) is 26.1 Å². The molecule has 0 radical (unpaired) electrons. The first-order chi connectivity index (χ1) is 25.0. The Morgan fingerprint density at radius 3 is 1.98 bits per heavy atom. The van der Waals surface area contributed by atoms with Crippen LogP contribution in [-0.4, -0.2) is 83.3 Å². The van der Waals surface area contributed by atoms with Gasteiger partial charge in [-0.05, 0) is 85.6 Å². The monoisotopic (exact) mass is 752 g/mol. The first kappa shape index (κ1) is 39.8. The van der Waals surface area contributed by atoms with Crippen molar-refractivity contribution in [3.8, 4) is 11.3 Å². The number of benzene rings is 3. The van der Waals surface area contributed by atoms with Crippen molar-refractivity contribution in [3.05, 3.63) is 78.0 Å². The lowest BCUT2D eigenvalue weighted by Gasteiger charge is -2.40. The average Bonchev–Trinajstić information content (AvgIpc) is 3.10. The van der Waals surface area contributed by atoms with Gasteiger partial charge in [0, 0.05) is 30.1 Å². The van der Waals surface area contributed by atoms with Crippen LogP contribution >= 0.6 is 0 Å². The molecule has 0 bridgehead atoms. The third-order valence-electron chi connectivity index (χ3n) is 10.3. The van der Waals surface area contributed by atoms with E-state index in [4.69, 9.17) is 15.8 Å². The van der Waals surface area contributed by atoms with Crippen LogP contribution in [0.3, 0.4) is 0 Å². The third-order valence-corrected chi connectivity index (χ3v) is 10.3. The summed E-state index contributed by atoms with van der Waals surface area (Å²) in [6.07, 6.45) is -9.92. The van der Waals surface area contributed by atoms with Gasteiger partial charge >= 0.3 is 18.3 Å². The Morgan fingerprint density at radius 2 is 1.40 bits per heavy atom. The van der Waals surface area contributed by atoms with E-state index < -0.39 is 61.4 Å². The van der Waals surface area contributed by atoms with Crippen LogP contribution < -0.4 is 5.73 Å². The van der Waals surface area contributed by atoms with E-state index in [1.54, 1.807) is 0 Å². The molecule has 2 fully saturated rings. The van der Waals surface area contributed by atoms with Crippen molar-refractivity contribution in [1.82, 2.24) is 14.8 Å². The van der Waals surface area contributed by atoms with Crippen LogP contribution in [0, 0.1) is 11.3 Å². The number of piperidine rings is 2. The smallest absolute Gasteiger partial charge is 0.403 e. The minimum absolute atomic E-state index is 0.0689. The molecule has 0 aliphatic carbocycles. The molecule has 3 heterocycles. The molecule has 2 aliphatic rings. The summed E-state index contributed by atoms with van der Waals surface area (Å²) in [6.45, 7) is 0.422. The predicted molar refractivity (Wildman–Crippen MR) is 184 cm³/mol. The van der Waals surface area contributed by atoms with Gasteiger partial charge in [0.2, 0.25) is 5.91 Å². The summed E-state index contributed by atoms with van der Waals surface area (Å²) >= 11 is 0. The molecule has 286 valence electrons. The standard InChI is InChI=1S/C29H27F3N2O2.C9H13F5N2O/c30-29(31,32)21-13-15-34(16-14-21)18-20-17-33-28(25-7-2-1-6-23(20)25)26-10-4-8-22-19(11-12-27(35)36)5-3-9-24(22)26;10-6(11)5-16-3-1-8(2-4-16,7(15)17)9(12,13)14/h1-10,17,21H,11-16,18H2,(H,35,36);6H,1-5H2,(H2,15,17). The second-order valence-corrected chi connectivity index (χ2v) is 13.6. The summed E-state index contributed by atoms with van der Waals surface area (Å²) in [5.74, 6) is -3.46. The lowest BCUT2D eigenvalue weighted by molar-refractivity contribution is -0.231. The first-order valence-electron chi connectivity index (χ1n) is 17.3. The molecular weight excluding hydrogens is 712 g/mol. The highest BCUT2D eigenvalue weighted by Gasteiger charge is 2.60. The highest BCUT2D eigenvalue weighted by molar-refractivity contribution is 6.05. The number of aromatic nitrogens is 1. The van der Waals surface area contributed by atoms with Gasteiger partial charge in [-0.15, -0.1) is 0 Å². The number of carboxylic acid groups (broad SMARTS) is 1. The Labute approximate surface area is 300 Å². The van der Waals surface area contributed by atoms with Gasteiger partial charge in [-0.25, -0.2) is 8.78 Å². The fraction of sp³-hybridized carbons (Fsp3) is 0.447. The van der Waals surface area contributed by atoms with E-state index in [1.807, 2.05) is 66.9 Å². The molecule has 6 rings (SSSR count). The van der Waals surface area contributed by atoms with Gasteiger partial charge in [0.1, 0.15) is 5.41 Å². The fourth-order valence-corrected chi connectivity index (χ4v) is 7.27. The Balaban J connectivity index is 0.000000268. The lowest BCUT2D eigenvalue weighted by Crippen LogP contribution is -2.55. The number of carbonyl (C=O) groups is 2. The lowest BCUT2D eigenvalue weighted by atomic mass is 9.77. The maximum Gasteiger partial charge on any atom is 0.403 e. The number of alkyl halides is 8.